The van der Waals surface area contributed by atoms with Gasteiger partial charge in [0.1, 0.15) is 5.54 Å². The minimum Gasteiger partial charge on any atom is -0.378 e. The van der Waals surface area contributed by atoms with Crippen LogP contribution in [0.25, 0.3) is 0 Å². The Bertz CT molecular complexity index is 489. The topological polar surface area (TPSA) is 84.7 Å². The summed E-state index contributed by atoms with van der Waals surface area (Å²) < 4.78 is 5.66. The molecule has 0 aromatic rings. The van der Waals surface area contributed by atoms with Crippen LogP contribution in [-0.4, -0.2) is 53.6 Å². The van der Waals surface area contributed by atoms with Crippen LogP contribution in [0.5, 0.6) is 0 Å². The van der Waals surface area contributed by atoms with Gasteiger partial charge in [-0.15, -0.1) is 0 Å². The second-order valence-electron chi connectivity index (χ2n) is 7.49. The van der Waals surface area contributed by atoms with Gasteiger partial charge in [0, 0.05) is 37.5 Å². The lowest BCUT2D eigenvalue weighted by Gasteiger charge is -2.57. The molecule has 6 nitrogen and oxygen atoms in total. The van der Waals surface area contributed by atoms with Crippen LogP contribution in [-0.2, 0) is 14.3 Å². The van der Waals surface area contributed by atoms with Gasteiger partial charge in [-0.25, -0.2) is 0 Å². The summed E-state index contributed by atoms with van der Waals surface area (Å²) in [7, 11) is 0. The summed E-state index contributed by atoms with van der Waals surface area (Å²) >= 11 is 0. The van der Waals surface area contributed by atoms with Crippen molar-refractivity contribution >= 4 is 11.8 Å². The highest BCUT2D eigenvalue weighted by Crippen LogP contribution is 2.50. The third-order valence-electron chi connectivity index (χ3n) is 5.72. The van der Waals surface area contributed by atoms with Gasteiger partial charge in [0.2, 0.25) is 11.8 Å². The van der Waals surface area contributed by atoms with Crippen LogP contribution < -0.4 is 11.1 Å². The molecular weight excluding hydrogens is 282 g/mol. The molecule has 3 atom stereocenters. The number of nitrogens with one attached hydrogen (secondary N) is 1. The van der Waals surface area contributed by atoms with E-state index in [2.05, 4.69) is 5.32 Å². The molecule has 3 fully saturated rings. The molecule has 124 valence electrons. The average molecular weight is 309 g/mol. The number of hydrogen-bond donors (Lipinski definition) is 2. The second kappa shape index (κ2) is 5.20. The maximum absolute atomic E-state index is 12.6. The molecular formula is C16H27N3O3. The highest BCUT2D eigenvalue weighted by atomic mass is 16.5. The monoisotopic (exact) mass is 309 g/mol. The van der Waals surface area contributed by atoms with Crippen molar-refractivity contribution in [3.8, 4) is 0 Å². The summed E-state index contributed by atoms with van der Waals surface area (Å²) in [4.78, 5) is 26.5. The lowest BCUT2D eigenvalue weighted by Crippen LogP contribution is -2.76. The molecule has 0 aromatic carbocycles. The summed E-state index contributed by atoms with van der Waals surface area (Å²) in [6, 6.07) is 0.298. The first-order chi connectivity index (χ1) is 10.3. The number of nitrogens with two attached hydrogens (primary N) is 1. The first-order valence-electron chi connectivity index (χ1n) is 8.30. The van der Waals surface area contributed by atoms with Crippen molar-refractivity contribution in [3.05, 3.63) is 0 Å². The third-order valence-corrected chi connectivity index (χ3v) is 5.72. The third kappa shape index (κ3) is 2.33. The summed E-state index contributed by atoms with van der Waals surface area (Å²) in [5.74, 6) is 0.00262. The van der Waals surface area contributed by atoms with E-state index in [1.54, 1.807) is 0 Å². The van der Waals surface area contributed by atoms with Crippen molar-refractivity contribution in [1.29, 1.82) is 0 Å². The fraction of sp³-hybridized carbons (Fsp3) is 0.875. The van der Waals surface area contributed by atoms with Crippen LogP contribution in [0, 0.1) is 5.41 Å². The zero-order valence-electron chi connectivity index (χ0n) is 13.7. The molecule has 1 saturated heterocycles. The molecule has 3 unspecified atom stereocenters. The van der Waals surface area contributed by atoms with Crippen molar-refractivity contribution in [2.75, 3.05) is 13.2 Å². The molecule has 0 bridgehead atoms. The predicted octanol–water partition coefficient (Wildman–Crippen LogP) is 0.398. The molecule has 2 amide bonds. The first kappa shape index (κ1) is 15.7. The molecule has 0 aromatic heterocycles. The molecule has 2 aliphatic carbocycles. The van der Waals surface area contributed by atoms with Crippen molar-refractivity contribution in [2.45, 2.75) is 70.2 Å². The van der Waals surface area contributed by atoms with E-state index in [9.17, 15) is 9.59 Å². The van der Waals surface area contributed by atoms with E-state index in [1.807, 2.05) is 25.7 Å². The largest absolute Gasteiger partial charge is 0.378 e. The minimum atomic E-state index is -0.914. The predicted molar refractivity (Wildman–Crippen MR) is 82.0 cm³/mol. The normalized spacial score (nSPS) is 37.1. The Kier molecular flexibility index (Phi) is 3.72. The van der Waals surface area contributed by atoms with E-state index in [0.29, 0.717) is 32.0 Å². The number of likely N-dealkylation sites (tertiary alicyclic amines) is 1. The molecule has 3 rings (SSSR count). The maximum atomic E-state index is 12.6. The molecule has 0 spiro atoms. The number of nitrogens with zero attached hydrogens (tertiary/aromatic N) is 1. The Balaban J connectivity index is 1.59. The Morgan fingerprint density at radius 3 is 2.68 bits per heavy atom. The van der Waals surface area contributed by atoms with Crippen LogP contribution in [0.2, 0.25) is 0 Å². The molecule has 1 aliphatic heterocycles. The molecule has 22 heavy (non-hydrogen) atoms. The molecule has 2 saturated carbocycles. The van der Waals surface area contributed by atoms with E-state index in [-0.39, 0.29) is 24.0 Å². The van der Waals surface area contributed by atoms with Gasteiger partial charge in [-0.3, -0.25) is 9.59 Å². The number of hydrogen-bond acceptors (Lipinski definition) is 4. The lowest BCUT2D eigenvalue weighted by atomic mass is 9.54. The summed E-state index contributed by atoms with van der Waals surface area (Å²) in [6.45, 7) is 7.16. The summed E-state index contributed by atoms with van der Waals surface area (Å²) in [6.07, 6.45) is 3.13. The zero-order chi connectivity index (χ0) is 16.1. The number of amides is 2. The van der Waals surface area contributed by atoms with Gasteiger partial charge >= 0.3 is 0 Å². The number of carbonyl (C=O) groups excluding carboxylic acids is 2. The maximum Gasteiger partial charge on any atom is 0.241 e. The van der Waals surface area contributed by atoms with E-state index < -0.39 is 11.0 Å². The molecule has 3 aliphatic rings. The standard InChI is InChI=1S/C16H27N3O3/c1-4-22-12-8-16(17,15(12,2)3)14(21)18-10-7-13(20)19(9-10)11-5-6-11/h10-12H,4-9,17H2,1-3H3,(H,18,21). The van der Waals surface area contributed by atoms with Gasteiger partial charge in [0.25, 0.3) is 0 Å². The van der Waals surface area contributed by atoms with Gasteiger partial charge in [-0.2, -0.15) is 0 Å². The van der Waals surface area contributed by atoms with Crippen LogP contribution in [0.15, 0.2) is 0 Å². The van der Waals surface area contributed by atoms with Gasteiger partial charge in [0.05, 0.1) is 12.1 Å². The van der Waals surface area contributed by atoms with Gasteiger partial charge in [-0.05, 0) is 19.8 Å². The Labute approximate surface area is 131 Å². The minimum absolute atomic E-state index is 0.0152. The van der Waals surface area contributed by atoms with Gasteiger partial charge in [-0.1, -0.05) is 13.8 Å². The fourth-order valence-corrected chi connectivity index (χ4v) is 3.70. The van der Waals surface area contributed by atoms with E-state index >= 15 is 0 Å². The lowest BCUT2D eigenvalue weighted by molar-refractivity contribution is -0.171. The van der Waals surface area contributed by atoms with E-state index in [1.165, 1.54) is 0 Å². The Morgan fingerprint density at radius 2 is 2.14 bits per heavy atom. The summed E-state index contributed by atoms with van der Waals surface area (Å²) in [5, 5.41) is 3.00. The van der Waals surface area contributed by atoms with Gasteiger partial charge < -0.3 is 20.7 Å². The molecule has 6 heteroatoms. The fourth-order valence-electron chi connectivity index (χ4n) is 3.70. The van der Waals surface area contributed by atoms with Gasteiger partial charge in [0.15, 0.2) is 0 Å². The SMILES string of the molecule is CCOC1CC(N)(C(=O)NC2CC(=O)N(C3CC3)C2)C1(C)C. The van der Waals surface area contributed by atoms with Crippen LogP contribution in [0.3, 0.4) is 0 Å². The second-order valence-corrected chi connectivity index (χ2v) is 7.49. The Morgan fingerprint density at radius 1 is 1.45 bits per heavy atom. The number of ether oxygens (including phenoxy) is 1. The van der Waals surface area contributed by atoms with E-state index in [4.69, 9.17) is 10.5 Å². The van der Waals surface area contributed by atoms with Crippen LogP contribution >= 0.6 is 0 Å². The Hall–Kier alpha value is -1.14. The van der Waals surface area contributed by atoms with Crippen molar-refractivity contribution in [2.24, 2.45) is 11.1 Å². The van der Waals surface area contributed by atoms with Crippen molar-refractivity contribution in [3.63, 3.8) is 0 Å². The number of carbonyl (C=O) groups is 2. The van der Waals surface area contributed by atoms with Crippen LogP contribution in [0.4, 0.5) is 0 Å². The molecule has 3 N–H and O–H groups in total. The highest BCUT2D eigenvalue weighted by molar-refractivity contribution is 5.90. The smallest absolute Gasteiger partial charge is 0.241 e. The highest BCUT2D eigenvalue weighted by Gasteiger charge is 2.63. The molecule has 1 heterocycles. The first-order valence-corrected chi connectivity index (χ1v) is 8.30. The van der Waals surface area contributed by atoms with Crippen molar-refractivity contribution in [1.82, 2.24) is 10.2 Å². The van der Waals surface area contributed by atoms with E-state index in [0.717, 1.165) is 12.8 Å². The zero-order valence-corrected chi connectivity index (χ0v) is 13.7. The number of rotatable bonds is 5. The quantitative estimate of drug-likeness (QED) is 0.770. The van der Waals surface area contributed by atoms with Crippen molar-refractivity contribution < 1.29 is 14.3 Å². The average Bonchev–Trinajstić information content (AvgIpc) is 3.22. The summed E-state index contributed by atoms with van der Waals surface area (Å²) in [5.41, 5.74) is 5.06. The molecule has 0 radical (unpaired) electrons. The van der Waals surface area contributed by atoms with Crippen LogP contribution in [0.1, 0.15) is 46.5 Å².